The van der Waals surface area contributed by atoms with E-state index in [1.165, 1.54) is 32.1 Å². The van der Waals surface area contributed by atoms with Crippen LogP contribution in [0.1, 0.15) is 38.0 Å². The molecule has 0 spiro atoms. The standard InChI is InChI=1S/C14H19N3OS.ClH/c15-10-14(5-2-1-3-6-14)8-12-16-13(17-18-12)11-4-7-19-9-11;/h4,7,9H,1-3,5-6,8,10,15H2;1H. The van der Waals surface area contributed by atoms with E-state index in [0.717, 1.165) is 17.9 Å². The molecule has 6 heteroatoms. The van der Waals surface area contributed by atoms with Gasteiger partial charge in [0, 0.05) is 17.4 Å². The molecule has 110 valence electrons. The van der Waals surface area contributed by atoms with Crippen LogP contribution in [-0.2, 0) is 6.42 Å². The van der Waals surface area contributed by atoms with Crippen LogP contribution in [0.5, 0.6) is 0 Å². The summed E-state index contributed by atoms with van der Waals surface area (Å²) < 4.78 is 5.41. The number of rotatable bonds is 4. The van der Waals surface area contributed by atoms with Gasteiger partial charge in [-0.1, -0.05) is 24.4 Å². The van der Waals surface area contributed by atoms with Crippen LogP contribution < -0.4 is 5.73 Å². The Labute approximate surface area is 129 Å². The molecule has 1 fully saturated rings. The van der Waals surface area contributed by atoms with E-state index in [-0.39, 0.29) is 17.8 Å². The fourth-order valence-corrected chi connectivity index (χ4v) is 3.55. The van der Waals surface area contributed by atoms with Crippen LogP contribution in [0.3, 0.4) is 0 Å². The maximum atomic E-state index is 6.00. The molecule has 0 radical (unpaired) electrons. The van der Waals surface area contributed by atoms with Gasteiger partial charge >= 0.3 is 0 Å². The summed E-state index contributed by atoms with van der Waals surface area (Å²) >= 11 is 1.64. The zero-order chi connectivity index (χ0) is 13.1. The van der Waals surface area contributed by atoms with Crippen molar-refractivity contribution in [2.75, 3.05) is 6.54 Å². The maximum absolute atomic E-state index is 6.00. The van der Waals surface area contributed by atoms with Crippen LogP contribution in [0.4, 0.5) is 0 Å². The van der Waals surface area contributed by atoms with E-state index in [1.54, 1.807) is 11.3 Å². The molecule has 0 amide bonds. The Morgan fingerprint density at radius 2 is 2.10 bits per heavy atom. The Hall–Kier alpha value is -0.910. The SMILES string of the molecule is Cl.NCC1(Cc2nc(-c3ccsc3)no2)CCCCC1. The Kier molecular flexibility index (Phi) is 5.18. The van der Waals surface area contributed by atoms with Crippen molar-refractivity contribution < 1.29 is 4.52 Å². The van der Waals surface area contributed by atoms with E-state index in [4.69, 9.17) is 10.3 Å². The lowest BCUT2D eigenvalue weighted by molar-refractivity contribution is 0.177. The van der Waals surface area contributed by atoms with Crippen LogP contribution in [-0.4, -0.2) is 16.7 Å². The molecule has 0 unspecified atom stereocenters. The molecule has 1 aliphatic carbocycles. The number of hydrogen-bond acceptors (Lipinski definition) is 5. The Morgan fingerprint density at radius 1 is 1.30 bits per heavy atom. The van der Waals surface area contributed by atoms with Crippen molar-refractivity contribution in [1.29, 1.82) is 0 Å². The van der Waals surface area contributed by atoms with E-state index in [0.29, 0.717) is 12.4 Å². The van der Waals surface area contributed by atoms with E-state index in [2.05, 4.69) is 10.1 Å². The third-order valence-electron chi connectivity index (χ3n) is 4.12. The van der Waals surface area contributed by atoms with Gasteiger partial charge in [0.25, 0.3) is 0 Å². The van der Waals surface area contributed by atoms with Crippen molar-refractivity contribution in [2.24, 2.45) is 11.1 Å². The number of thiophene rings is 1. The third kappa shape index (κ3) is 3.22. The second-order valence-corrected chi connectivity index (χ2v) is 6.25. The zero-order valence-corrected chi connectivity index (χ0v) is 13.0. The number of aromatic nitrogens is 2. The van der Waals surface area contributed by atoms with Crippen molar-refractivity contribution >= 4 is 23.7 Å². The van der Waals surface area contributed by atoms with Gasteiger partial charge in [-0.25, -0.2) is 0 Å². The predicted molar refractivity (Wildman–Crippen MR) is 83.1 cm³/mol. The minimum absolute atomic E-state index is 0. The van der Waals surface area contributed by atoms with Gasteiger partial charge in [-0.2, -0.15) is 16.3 Å². The zero-order valence-electron chi connectivity index (χ0n) is 11.4. The quantitative estimate of drug-likeness (QED) is 0.935. The van der Waals surface area contributed by atoms with E-state index < -0.39 is 0 Å². The van der Waals surface area contributed by atoms with Crippen molar-refractivity contribution in [3.63, 3.8) is 0 Å². The molecule has 20 heavy (non-hydrogen) atoms. The predicted octanol–water partition coefficient (Wildman–Crippen LogP) is 3.67. The van der Waals surface area contributed by atoms with Crippen molar-refractivity contribution in [2.45, 2.75) is 38.5 Å². The molecule has 2 heterocycles. The summed E-state index contributed by atoms with van der Waals surface area (Å²) in [6.07, 6.45) is 7.04. The van der Waals surface area contributed by atoms with Crippen LogP contribution >= 0.6 is 23.7 Å². The molecule has 1 aliphatic rings. The third-order valence-corrected chi connectivity index (χ3v) is 4.80. The molecular formula is C14H20ClN3OS. The summed E-state index contributed by atoms with van der Waals surface area (Å²) in [6.45, 7) is 0.711. The minimum atomic E-state index is 0. The molecule has 0 aromatic carbocycles. The molecule has 4 nitrogen and oxygen atoms in total. The summed E-state index contributed by atoms with van der Waals surface area (Å²) in [7, 11) is 0. The largest absolute Gasteiger partial charge is 0.339 e. The summed E-state index contributed by atoms with van der Waals surface area (Å²) in [6, 6.07) is 2.01. The van der Waals surface area contributed by atoms with Gasteiger partial charge in [0.1, 0.15) is 0 Å². The number of hydrogen-bond donors (Lipinski definition) is 1. The van der Waals surface area contributed by atoms with Crippen molar-refractivity contribution in [3.8, 4) is 11.4 Å². The van der Waals surface area contributed by atoms with Gasteiger partial charge in [0.15, 0.2) is 0 Å². The second kappa shape index (κ2) is 6.70. The molecule has 3 rings (SSSR count). The Balaban J connectivity index is 0.00000147. The van der Waals surface area contributed by atoms with Gasteiger partial charge < -0.3 is 10.3 Å². The molecule has 0 saturated heterocycles. The van der Waals surface area contributed by atoms with E-state index >= 15 is 0 Å². The molecule has 0 atom stereocenters. The van der Waals surface area contributed by atoms with Crippen molar-refractivity contribution in [3.05, 3.63) is 22.7 Å². The first-order chi connectivity index (χ1) is 9.31. The lowest BCUT2D eigenvalue weighted by Crippen LogP contribution is -2.35. The fraction of sp³-hybridized carbons (Fsp3) is 0.571. The summed E-state index contributed by atoms with van der Waals surface area (Å²) in [5.74, 6) is 1.42. The van der Waals surface area contributed by atoms with Crippen LogP contribution in [0.2, 0.25) is 0 Å². The first-order valence-corrected chi connectivity index (χ1v) is 7.81. The highest BCUT2D eigenvalue weighted by Crippen LogP contribution is 2.38. The first-order valence-electron chi connectivity index (χ1n) is 6.87. The number of nitrogens with two attached hydrogens (primary N) is 1. The van der Waals surface area contributed by atoms with Gasteiger partial charge in [-0.05, 0) is 36.2 Å². The van der Waals surface area contributed by atoms with Gasteiger partial charge in [0.05, 0.1) is 0 Å². The molecule has 2 aromatic heterocycles. The smallest absolute Gasteiger partial charge is 0.227 e. The van der Waals surface area contributed by atoms with Gasteiger partial charge in [-0.15, -0.1) is 12.4 Å². The first kappa shape index (κ1) is 15.5. The minimum Gasteiger partial charge on any atom is -0.339 e. The molecule has 2 aromatic rings. The summed E-state index contributed by atoms with van der Waals surface area (Å²) in [4.78, 5) is 4.51. The molecule has 0 bridgehead atoms. The molecule has 2 N–H and O–H groups in total. The average Bonchev–Trinajstić information content (AvgIpc) is 3.10. The Morgan fingerprint density at radius 3 is 2.75 bits per heavy atom. The van der Waals surface area contributed by atoms with Crippen LogP contribution in [0.15, 0.2) is 21.3 Å². The summed E-state index contributed by atoms with van der Waals surface area (Å²) in [5, 5.41) is 8.13. The monoisotopic (exact) mass is 313 g/mol. The van der Waals surface area contributed by atoms with Crippen LogP contribution in [0, 0.1) is 5.41 Å². The number of nitrogens with zero attached hydrogens (tertiary/aromatic N) is 2. The maximum Gasteiger partial charge on any atom is 0.227 e. The topological polar surface area (TPSA) is 64.9 Å². The van der Waals surface area contributed by atoms with E-state index in [1.807, 2.05) is 16.8 Å². The highest BCUT2D eigenvalue weighted by molar-refractivity contribution is 7.08. The van der Waals surface area contributed by atoms with Crippen LogP contribution in [0.25, 0.3) is 11.4 Å². The molecular weight excluding hydrogens is 294 g/mol. The number of halogens is 1. The summed E-state index contributed by atoms with van der Waals surface area (Å²) in [5.41, 5.74) is 7.21. The molecule has 0 aliphatic heterocycles. The lowest BCUT2D eigenvalue weighted by Gasteiger charge is -2.34. The second-order valence-electron chi connectivity index (χ2n) is 5.47. The average molecular weight is 314 g/mol. The lowest BCUT2D eigenvalue weighted by atomic mass is 9.72. The highest BCUT2D eigenvalue weighted by atomic mass is 35.5. The molecule has 1 saturated carbocycles. The highest BCUT2D eigenvalue weighted by Gasteiger charge is 2.32. The Bertz CT molecular complexity index is 520. The van der Waals surface area contributed by atoms with Gasteiger partial charge in [-0.3, -0.25) is 0 Å². The van der Waals surface area contributed by atoms with E-state index in [9.17, 15) is 0 Å². The fourth-order valence-electron chi connectivity index (χ4n) is 2.91. The van der Waals surface area contributed by atoms with Gasteiger partial charge in [0.2, 0.25) is 11.7 Å². The van der Waals surface area contributed by atoms with Crippen molar-refractivity contribution in [1.82, 2.24) is 10.1 Å². The normalized spacial score (nSPS) is 17.6.